The van der Waals surface area contributed by atoms with E-state index in [1.807, 2.05) is 6.20 Å². The van der Waals surface area contributed by atoms with Gasteiger partial charge in [0.15, 0.2) is 0 Å². The Labute approximate surface area is 116 Å². The summed E-state index contributed by atoms with van der Waals surface area (Å²) in [6.45, 7) is 0. The van der Waals surface area contributed by atoms with E-state index in [1.54, 1.807) is 0 Å². The molecule has 1 aromatic heterocycles. The van der Waals surface area contributed by atoms with Crippen molar-refractivity contribution in [3.05, 3.63) is 29.6 Å². The van der Waals surface area contributed by atoms with Crippen molar-refractivity contribution >= 4 is 11.9 Å². The van der Waals surface area contributed by atoms with E-state index in [2.05, 4.69) is 29.2 Å². The molecule has 1 aliphatic carbocycles. The van der Waals surface area contributed by atoms with Gasteiger partial charge in [0.1, 0.15) is 0 Å². The summed E-state index contributed by atoms with van der Waals surface area (Å²) in [5, 5.41) is 22.8. The number of carbonyl (C=O) groups is 2. The fourth-order valence-corrected chi connectivity index (χ4v) is 1.97. The smallest absolute Gasteiger partial charge is 0.328 e. The van der Waals surface area contributed by atoms with Gasteiger partial charge in [-0.1, -0.05) is 0 Å². The molecule has 7 nitrogen and oxygen atoms in total. The van der Waals surface area contributed by atoms with Crippen LogP contribution in [0.5, 0.6) is 0 Å². The predicted octanol–water partition coefficient (Wildman–Crippen LogP) is 0.540. The van der Waals surface area contributed by atoms with Crippen molar-refractivity contribution < 1.29 is 19.8 Å². The van der Waals surface area contributed by atoms with Crippen LogP contribution in [-0.4, -0.2) is 57.4 Å². The molecule has 1 atom stereocenters. The number of aromatic amines is 1. The second kappa shape index (κ2) is 7.44. The minimum atomic E-state index is -1.26. The molecule has 0 fully saturated rings. The molecule has 1 unspecified atom stereocenters. The lowest BCUT2D eigenvalue weighted by Crippen LogP contribution is -2.33. The Morgan fingerprint density at radius 1 is 1.35 bits per heavy atom. The van der Waals surface area contributed by atoms with Crippen LogP contribution in [0.25, 0.3) is 0 Å². The molecule has 110 valence electrons. The number of hydrogen-bond acceptors (Lipinski definition) is 4. The third-order valence-corrected chi connectivity index (χ3v) is 3.08. The highest BCUT2D eigenvalue weighted by atomic mass is 16.4. The van der Waals surface area contributed by atoms with Crippen LogP contribution in [0.2, 0.25) is 0 Å². The number of aryl methyl sites for hydroxylation is 1. The highest BCUT2D eigenvalue weighted by molar-refractivity contribution is 5.89. The largest absolute Gasteiger partial charge is 0.478 e. The number of H-pyrrole nitrogens is 1. The monoisotopic (exact) mass is 281 g/mol. The maximum atomic E-state index is 9.55. The van der Waals surface area contributed by atoms with Gasteiger partial charge in [-0.25, -0.2) is 9.59 Å². The van der Waals surface area contributed by atoms with E-state index in [0.29, 0.717) is 18.2 Å². The first kappa shape index (κ1) is 15.9. The number of carboxylic acids is 2. The molecule has 2 rings (SSSR count). The summed E-state index contributed by atoms with van der Waals surface area (Å²) in [5.74, 6) is -2.51. The molecule has 0 radical (unpaired) electrons. The minimum absolute atomic E-state index is 0.558. The topological polar surface area (TPSA) is 107 Å². The van der Waals surface area contributed by atoms with E-state index in [-0.39, 0.29) is 0 Å². The van der Waals surface area contributed by atoms with Crippen molar-refractivity contribution in [1.82, 2.24) is 15.1 Å². The van der Waals surface area contributed by atoms with Crippen molar-refractivity contribution in [1.29, 1.82) is 0 Å². The average Bonchev–Trinajstić information content (AvgIpc) is 2.84. The van der Waals surface area contributed by atoms with Crippen LogP contribution in [-0.2, 0) is 22.4 Å². The van der Waals surface area contributed by atoms with E-state index in [4.69, 9.17) is 10.2 Å². The van der Waals surface area contributed by atoms with Gasteiger partial charge < -0.3 is 15.1 Å². The average molecular weight is 281 g/mol. The highest BCUT2D eigenvalue weighted by Crippen LogP contribution is 2.20. The maximum absolute atomic E-state index is 9.55. The molecule has 1 heterocycles. The Morgan fingerprint density at radius 3 is 2.45 bits per heavy atom. The fraction of sp³-hybridized carbons (Fsp3) is 0.462. The summed E-state index contributed by atoms with van der Waals surface area (Å²) in [5.41, 5.74) is 2.67. The van der Waals surface area contributed by atoms with Crippen molar-refractivity contribution in [2.45, 2.75) is 25.3 Å². The zero-order valence-corrected chi connectivity index (χ0v) is 11.5. The quantitative estimate of drug-likeness (QED) is 0.698. The summed E-state index contributed by atoms with van der Waals surface area (Å²) in [6.07, 6.45) is 6.69. The number of aromatic nitrogens is 2. The third-order valence-electron chi connectivity index (χ3n) is 3.08. The van der Waals surface area contributed by atoms with Gasteiger partial charge in [-0.05, 0) is 32.5 Å². The first-order valence-electron chi connectivity index (χ1n) is 6.22. The van der Waals surface area contributed by atoms with Crippen LogP contribution < -0.4 is 0 Å². The van der Waals surface area contributed by atoms with Crippen LogP contribution in [0.4, 0.5) is 0 Å². The van der Waals surface area contributed by atoms with Gasteiger partial charge in [-0.2, -0.15) is 5.10 Å². The number of hydrogen-bond donors (Lipinski definition) is 3. The Hall–Kier alpha value is -2.15. The van der Waals surface area contributed by atoms with Gasteiger partial charge in [-0.15, -0.1) is 0 Å². The first-order valence-corrected chi connectivity index (χ1v) is 6.22. The van der Waals surface area contributed by atoms with Gasteiger partial charge >= 0.3 is 11.9 Å². The Balaban J connectivity index is 0.000000221. The molecule has 0 bridgehead atoms. The number of likely N-dealkylation sites (N-methyl/N-ethyl adjacent to an activating group) is 1. The molecule has 0 amide bonds. The normalized spacial score (nSPS) is 17.4. The van der Waals surface area contributed by atoms with Crippen LogP contribution in [0.15, 0.2) is 18.3 Å². The summed E-state index contributed by atoms with van der Waals surface area (Å²) >= 11 is 0. The highest BCUT2D eigenvalue weighted by Gasteiger charge is 2.21. The molecule has 20 heavy (non-hydrogen) atoms. The number of carboxylic acid groups (broad SMARTS) is 2. The molecule has 0 saturated carbocycles. The zero-order chi connectivity index (χ0) is 15.1. The molecule has 0 aliphatic heterocycles. The van der Waals surface area contributed by atoms with Crippen LogP contribution >= 0.6 is 0 Å². The van der Waals surface area contributed by atoms with Crippen molar-refractivity contribution in [2.75, 3.05) is 14.1 Å². The molecule has 1 aromatic rings. The summed E-state index contributed by atoms with van der Waals surface area (Å²) < 4.78 is 0. The lowest BCUT2D eigenvalue weighted by atomic mass is 9.93. The number of fused-ring (bicyclic) bond motifs is 1. The lowest BCUT2D eigenvalue weighted by Gasteiger charge is -2.27. The van der Waals surface area contributed by atoms with Gasteiger partial charge in [0.25, 0.3) is 0 Å². The SMILES string of the molecule is CN(C)C1CCc2c[nH]nc2C1.O=C(O)/C=C\C(=O)O. The van der Waals surface area contributed by atoms with E-state index >= 15 is 0 Å². The molecule has 0 saturated heterocycles. The van der Waals surface area contributed by atoms with Gasteiger partial charge in [0.2, 0.25) is 0 Å². The second-order valence-corrected chi connectivity index (χ2v) is 4.73. The standard InChI is InChI=1S/C9H15N3.C4H4O4/c1-12(2)8-4-3-7-6-10-11-9(7)5-8;5-3(6)1-2-4(7)8/h6,8H,3-5H2,1-2H3,(H,10,11);1-2H,(H,5,6)(H,7,8)/b;2-1-. The summed E-state index contributed by atoms with van der Waals surface area (Å²) in [7, 11) is 4.28. The maximum Gasteiger partial charge on any atom is 0.328 e. The van der Waals surface area contributed by atoms with Gasteiger partial charge in [0, 0.05) is 30.8 Å². The van der Waals surface area contributed by atoms with E-state index in [1.165, 1.54) is 24.1 Å². The van der Waals surface area contributed by atoms with Crippen LogP contribution in [0, 0.1) is 0 Å². The Bertz CT molecular complexity index is 478. The van der Waals surface area contributed by atoms with Crippen molar-refractivity contribution in [3.8, 4) is 0 Å². The molecular formula is C13H19N3O4. The number of aliphatic carboxylic acids is 2. The van der Waals surface area contributed by atoms with E-state index in [0.717, 1.165) is 6.42 Å². The van der Waals surface area contributed by atoms with E-state index < -0.39 is 11.9 Å². The second-order valence-electron chi connectivity index (χ2n) is 4.73. The summed E-state index contributed by atoms with van der Waals surface area (Å²) in [4.78, 5) is 21.4. The molecule has 3 N–H and O–H groups in total. The molecular weight excluding hydrogens is 262 g/mol. The Kier molecular flexibility index (Phi) is 5.92. The van der Waals surface area contributed by atoms with Gasteiger partial charge in [0.05, 0.1) is 5.69 Å². The van der Waals surface area contributed by atoms with E-state index in [9.17, 15) is 9.59 Å². The van der Waals surface area contributed by atoms with Crippen LogP contribution in [0.3, 0.4) is 0 Å². The fourth-order valence-electron chi connectivity index (χ4n) is 1.97. The third kappa shape index (κ3) is 5.23. The number of nitrogens with zero attached hydrogens (tertiary/aromatic N) is 2. The molecule has 1 aliphatic rings. The first-order chi connectivity index (χ1) is 9.40. The number of nitrogens with one attached hydrogen (secondary N) is 1. The summed E-state index contributed by atoms with van der Waals surface area (Å²) in [6, 6.07) is 0.681. The minimum Gasteiger partial charge on any atom is -0.478 e. The van der Waals surface area contributed by atoms with Crippen LogP contribution in [0.1, 0.15) is 17.7 Å². The molecule has 0 aromatic carbocycles. The van der Waals surface area contributed by atoms with Crippen molar-refractivity contribution in [2.24, 2.45) is 0 Å². The Morgan fingerprint density at radius 2 is 1.95 bits per heavy atom. The predicted molar refractivity (Wildman–Crippen MR) is 72.5 cm³/mol. The number of rotatable bonds is 3. The lowest BCUT2D eigenvalue weighted by molar-refractivity contribution is -0.134. The van der Waals surface area contributed by atoms with Crippen molar-refractivity contribution in [3.63, 3.8) is 0 Å². The molecule has 0 spiro atoms. The zero-order valence-electron chi connectivity index (χ0n) is 11.5. The molecule has 7 heteroatoms. The van der Waals surface area contributed by atoms with Gasteiger partial charge in [-0.3, -0.25) is 5.10 Å².